The molecule has 4 N–H and O–H groups in total. The molecule has 0 bridgehead atoms. The molecule has 0 radical (unpaired) electrons. The zero-order valence-corrected chi connectivity index (χ0v) is 12.6. The van der Waals surface area contributed by atoms with Crippen molar-refractivity contribution in [3.8, 4) is 0 Å². The van der Waals surface area contributed by atoms with Gasteiger partial charge in [0.1, 0.15) is 4.90 Å². The average Bonchev–Trinajstić information content (AvgIpc) is 3.23. The van der Waals surface area contributed by atoms with E-state index in [1.165, 1.54) is 29.6 Å². The van der Waals surface area contributed by atoms with Crippen LogP contribution < -0.4 is 11.5 Å². The summed E-state index contributed by atoms with van der Waals surface area (Å²) in [4.78, 5) is 11.1. The number of nitrogens with zero attached hydrogens (tertiary/aromatic N) is 1. The third-order valence-corrected chi connectivity index (χ3v) is 5.38. The summed E-state index contributed by atoms with van der Waals surface area (Å²) in [6.07, 6.45) is 1.67. The number of primary amides is 1. The minimum absolute atomic E-state index is 0.000340. The van der Waals surface area contributed by atoms with Crippen molar-refractivity contribution in [3.05, 3.63) is 23.8 Å². The number of amides is 1. The fourth-order valence-electron chi connectivity index (χ4n) is 2.11. The molecular formula is C13H19N3O4S. The molecular weight excluding hydrogens is 294 g/mol. The Morgan fingerprint density at radius 3 is 2.57 bits per heavy atom. The smallest absolute Gasteiger partial charge is 0.248 e. The second-order valence-electron chi connectivity index (χ2n) is 4.96. The van der Waals surface area contributed by atoms with Crippen LogP contribution in [0.15, 0.2) is 23.1 Å². The Hall–Kier alpha value is -1.64. The van der Waals surface area contributed by atoms with E-state index in [9.17, 15) is 13.2 Å². The molecule has 1 aromatic carbocycles. The Morgan fingerprint density at radius 1 is 1.43 bits per heavy atom. The number of nitrogen functional groups attached to an aromatic ring is 1. The second kappa shape index (κ2) is 6.00. The van der Waals surface area contributed by atoms with E-state index >= 15 is 0 Å². The molecule has 1 amide bonds. The number of nitrogens with two attached hydrogens (primary N) is 2. The third-order valence-electron chi connectivity index (χ3n) is 3.35. The van der Waals surface area contributed by atoms with E-state index in [-0.39, 0.29) is 28.7 Å². The first-order chi connectivity index (χ1) is 9.87. The molecule has 21 heavy (non-hydrogen) atoms. The summed E-state index contributed by atoms with van der Waals surface area (Å²) in [5, 5.41) is 0. The molecule has 2 rings (SSSR count). The number of sulfonamides is 1. The molecule has 1 aromatic rings. The lowest BCUT2D eigenvalue weighted by Gasteiger charge is -2.22. The highest BCUT2D eigenvalue weighted by Gasteiger charge is 2.38. The molecule has 1 aliphatic rings. The van der Waals surface area contributed by atoms with Crippen LogP contribution in [-0.2, 0) is 14.8 Å². The largest absolute Gasteiger partial charge is 0.398 e. The Morgan fingerprint density at radius 2 is 2.10 bits per heavy atom. The molecule has 0 spiro atoms. The van der Waals surface area contributed by atoms with E-state index in [0.717, 1.165) is 12.8 Å². The van der Waals surface area contributed by atoms with Gasteiger partial charge < -0.3 is 16.2 Å². The second-order valence-corrected chi connectivity index (χ2v) is 6.82. The van der Waals surface area contributed by atoms with Gasteiger partial charge in [0.15, 0.2) is 0 Å². The predicted octanol–water partition coefficient (Wildman–Crippen LogP) is 0.167. The van der Waals surface area contributed by atoms with Crippen molar-refractivity contribution in [3.63, 3.8) is 0 Å². The van der Waals surface area contributed by atoms with Crippen LogP contribution >= 0.6 is 0 Å². The number of hydrogen-bond acceptors (Lipinski definition) is 5. The quantitative estimate of drug-likeness (QED) is 0.696. The molecule has 0 aromatic heterocycles. The molecule has 0 aliphatic heterocycles. The van der Waals surface area contributed by atoms with Crippen molar-refractivity contribution in [1.29, 1.82) is 0 Å². The standard InChI is InChI=1S/C13H19N3O4S/c1-20-7-6-16(10-3-4-10)21(18,19)12-5-2-9(13(15)17)8-11(12)14/h2,5,8,10H,3-4,6-7,14H2,1H3,(H2,15,17). The minimum atomic E-state index is -3.71. The fraction of sp³-hybridized carbons (Fsp3) is 0.462. The van der Waals surface area contributed by atoms with Gasteiger partial charge in [-0.25, -0.2) is 8.42 Å². The van der Waals surface area contributed by atoms with E-state index in [2.05, 4.69) is 0 Å². The van der Waals surface area contributed by atoms with Gasteiger partial charge in [-0.15, -0.1) is 0 Å². The van der Waals surface area contributed by atoms with Gasteiger partial charge in [0.05, 0.1) is 12.3 Å². The summed E-state index contributed by atoms with van der Waals surface area (Å²) in [6.45, 7) is 0.593. The number of rotatable bonds is 7. The molecule has 1 aliphatic carbocycles. The van der Waals surface area contributed by atoms with Crippen molar-refractivity contribution >= 4 is 21.6 Å². The SMILES string of the molecule is COCCN(C1CC1)S(=O)(=O)c1ccc(C(N)=O)cc1N. The molecule has 0 unspecified atom stereocenters. The molecule has 7 nitrogen and oxygen atoms in total. The van der Waals surface area contributed by atoms with Crippen LogP contribution in [0.1, 0.15) is 23.2 Å². The lowest BCUT2D eigenvalue weighted by atomic mass is 10.2. The molecule has 1 fully saturated rings. The van der Waals surface area contributed by atoms with E-state index < -0.39 is 15.9 Å². The van der Waals surface area contributed by atoms with Crippen molar-refractivity contribution in [1.82, 2.24) is 4.31 Å². The summed E-state index contributed by atoms with van der Waals surface area (Å²) in [7, 11) is -2.19. The van der Waals surface area contributed by atoms with Crippen molar-refractivity contribution < 1.29 is 17.9 Å². The van der Waals surface area contributed by atoms with Crippen LogP contribution in [0, 0.1) is 0 Å². The van der Waals surface area contributed by atoms with E-state index in [1.807, 2.05) is 0 Å². The van der Waals surface area contributed by atoms with Crippen LogP contribution in [-0.4, -0.2) is 44.9 Å². The van der Waals surface area contributed by atoms with Crippen molar-refractivity contribution in [2.24, 2.45) is 5.73 Å². The summed E-state index contributed by atoms with van der Waals surface area (Å²) in [6, 6.07) is 3.98. The predicted molar refractivity (Wildman–Crippen MR) is 78.2 cm³/mol. The first-order valence-corrected chi connectivity index (χ1v) is 8.02. The zero-order chi connectivity index (χ0) is 15.6. The van der Waals surface area contributed by atoms with Crippen LogP contribution in [0.25, 0.3) is 0 Å². The highest BCUT2D eigenvalue weighted by Crippen LogP contribution is 2.33. The van der Waals surface area contributed by atoms with Gasteiger partial charge in [0.25, 0.3) is 0 Å². The maximum absolute atomic E-state index is 12.7. The van der Waals surface area contributed by atoms with Crippen LogP contribution in [0.4, 0.5) is 5.69 Å². The average molecular weight is 313 g/mol. The van der Waals surface area contributed by atoms with E-state index in [1.54, 1.807) is 0 Å². The van der Waals surface area contributed by atoms with Gasteiger partial charge in [0.2, 0.25) is 15.9 Å². The molecule has 1 saturated carbocycles. The van der Waals surface area contributed by atoms with E-state index in [0.29, 0.717) is 6.61 Å². The maximum atomic E-state index is 12.7. The zero-order valence-electron chi connectivity index (χ0n) is 11.8. The minimum Gasteiger partial charge on any atom is -0.398 e. The van der Waals surface area contributed by atoms with Gasteiger partial charge in [-0.05, 0) is 31.0 Å². The third kappa shape index (κ3) is 3.34. The molecule has 0 heterocycles. The van der Waals surface area contributed by atoms with Crippen LogP contribution in [0.5, 0.6) is 0 Å². The number of ether oxygens (including phenoxy) is 1. The normalized spacial score (nSPS) is 15.3. The lowest BCUT2D eigenvalue weighted by molar-refractivity contribution is 0.1000. The summed E-state index contributed by atoms with van der Waals surface area (Å²) in [5.41, 5.74) is 11.1. The monoisotopic (exact) mass is 313 g/mol. The Labute approximate surface area is 123 Å². The number of carbonyl (C=O) groups is 1. The Kier molecular flexibility index (Phi) is 4.50. The summed E-state index contributed by atoms with van der Waals surface area (Å²) < 4.78 is 31.8. The van der Waals surface area contributed by atoms with Gasteiger partial charge in [0, 0.05) is 25.3 Å². The molecule has 8 heteroatoms. The van der Waals surface area contributed by atoms with Gasteiger partial charge in [-0.3, -0.25) is 4.79 Å². The Bertz CT molecular complexity index is 641. The molecule has 116 valence electrons. The maximum Gasteiger partial charge on any atom is 0.248 e. The number of methoxy groups -OCH3 is 1. The van der Waals surface area contributed by atoms with Crippen molar-refractivity contribution in [2.45, 2.75) is 23.8 Å². The van der Waals surface area contributed by atoms with Gasteiger partial charge in [-0.1, -0.05) is 0 Å². The van der Waals surface area contributed by atoms with Crippen molar-refractivity contribution in [2.75, 3.05) is 26.0 Å². The highest BCUT2D eigenvalue weighted by atomic mass is 32.2. The summed E-state index contributed by atoms with van der Waals surface area (Å²) in [5.74, 6) is -0.649. The first kappa shape index (κ1) is 15.7. The lowest BCUT2D eigenvalue weighted by Crippen LogP contribution is -2.36. The van der Waals surface area contributed by atoms with Gasteiger partial charge in [-0.2, -0.15) is 4.31 Å². The van der Waals surface area contributed by atoms with Crippen LogP contribution in [0.2, 0.25) is 0 Å². The fourth-order valence-corrected chi connectivity index (χ4v) is 3.87. The Balaban J connectivity index is 2.35. The van der Waals surface area contributed by atoms with Crippen LogP contribution in [0.3, 0.4) is 0 Å². The number of benzene rings is 1. The number of carbonyl (C=O) groups excluding carboxylic acids is 1. The summed E-state index contributed by atoms with van der Waals surface area (Å²) >= 11 is 0. The topological polar surface area (TPSA) is 116 Å². The molecule has 0 saturated heterocycles. The van der Waals surface area contributed by atoms with Gasteiger partial charge >= 0.3 is 0 Å². The first-order valence-electron chi connectivity index (χ1n) is 6.58. The number of hydrogen-bond donors (Lipinski definition) is 2. The number of anilines is 1. The molecule has 0 atom stereocenters. The van der Waals surface area contributed by atoms with E-state index in [4.69, 9.17) is 16.2 Å². The highest BCUT2D eigenvalue weighted by molar-refractivity contribution is 7.89.